The Morgan fingerprint density at radius 2 is 1.88 bits per heavy atom. The Kier molecular flexibility index (Phi) is 6.19. The Labute approximate surface area is 147 Å². The minimum absolute atomic E-state index is 0.101. The number of rotatable bonds is 5. The van der Waals surface area contributed by atoms with Gasteiger partial charge in [0.1, 0.15) is 0 Å². The molecule has 0 atom stereocenters. The van der Waals surface area contributed by atoms with Crippen LogP contribution in [0.4, 0.5) is 5.69 Å². The molecule has 2 N–H and O–H groups in total. The van der Waals surface area contributed by atoms with E-state index in [2.05, 4.69) is 15.8 Å². The SMILES string of the molecule is O=C(NCc1ccc(Cl)cc1)C(=O)N/N=C/c1cccc([N+](=O)[O-])c1. The number of carbonyl (C=O) groups excluding carboxylic acids is 2. The highest BCUT2D eigenvalue weighted by Gasteiger charge is 2.12. The zero-order chi connectivity index (χ0) is 18.2. The minimum Gasteiger partial charge on any atom is -0.344 e. The number of hydrogen-bond acceptors (Lipinski definition) is 5. The van der Waals surface area contributed by atoms with Crippen molar-refractivity contribution in [1.29, 1.82) is 0 Å². The quantitative estimate of drug-likeness (QED) is 0.367. The van der Waals surface area contributed by atoms with Gasteiger partial charge in [0.05, 0.1) is 11.1 Å². The molecule has 0 fully saturated rings. The molecule has 0 saturated heterocycles. The zero-order valence-corrected chi connectivity index (χ0v) is 13.6. The largest absolute Gasteiger partial charge is 0.344 e. The van der Waals surface area contributed by atoms with Gasteiger partial charge in [-0.25, -0.2) is 5.43 Å². The fraction of sp³-hybridized carbons (Fsp3) is 0.0625. The number of nitrogens with one attached hydrogen (secondary N) is 2. The zero-order valence-electron chi connectivity index (χ0n) is 12.8. The third kappa shape index (κ3) is 5.70. The van der Waals surface area contributed by atoms with Crippen molar-refractivity contribution in [3.8, 4) is 0 Å². The lowest BCUT2D eigenvalue weighted by Gasteiger charge is -2.04. The van der Waals surface area contributed by atoms with Gasteiger partial charge in [-0.15, -0.1) is 0 Å². The fourth-order valence-corrected chi connectivity index (χ4v) is 1.93. The number of non-ortho nitro benzene ring substituents is 1. The molecule has 0 aromatic heterocycles. The molecule has 2 aromatic carbocycles. The van der Waals surface area contributed by atoms with Crippen molar-refractivity contribution in [3.05, 3.63) is 74.8 Å². The van der Waals surface area contributed by atoms with Crippen molar-refractivity contribution in [2.45, 2.75) is 6.54 Å². The average Bonchev–Trinajstić information content (AvgIpc) is 2.61. The smallest absolute Gasteiger partial charge is 0.329 e. The number of hydrazone groups is 1. The number of carbonyl (C=O) groups is 2. The Balaban J connectivity index is 1.84. The van der Waals surface area contributed by atoms with Crippen LogP contribution < -0.4 is 10.7 Å². The first-order chi connectivity index (χ1) is 12.0. The molecule has 2 aromatic rings. The van der Waals surface area contributed by atoms with Crippen LogP contribution in [0.5, 0.6) is 0 Å². The van der Waals surface area contributed by atoms with Gasteiger partial charge in [0.25, 0.3) is 5.69 Å². The number of nitro groups is 1. The highest BCUT2D eigenvalue weighted by atomic mass is 35.5. The maximum Gasteiger partial charge on any atom is 0.329 e. The summed E-state index contributed by atoms with van der Waals surface area (Å²) in [6.45, 7) is 0.165. The Morgan fingerprint density at radius 1 is 1.16 bits per heavy atom. The topological polar surface area (TPSA) is 114 Å². The van der Waals surface area contributed by atoms with Crippen LogP contribution in [0.25, 0.3) is 0 Å². The van der Waals surface area contributed by atoms with Crippen LogP contribution in [0, 0.1) is 10.1 Å². The van der Waals surface area contributed by atoms with E-state index < -0.39 is 16.7 Å². The first kappa shape index (κ1) is 18.1. The Morgan fingerprint density at radius 3 is 2.56 bits per heavy atom. The van der Waals surface area contributed by atoms with E-state index >= 15 is 0 Å². The molecule has 0 aliphatic rings. The highest BCUT2D eigenvalue weighted by Crippen LogP contribution is 2.11. The van der Waals surface area contributed by atoms with Crippen LogP contribution in [0.2, 0.25) is 5.02 Å². The van der Waals surface area contributed by atoms with Gasteiger partial charge in [-0.1, -0.05) is 35.9 Å². The summed E-state index contributed by atoms with van der Waals surface area (Å²) in [5.74, 6) is -1.80. The number of amides is 2. The van der Waals surface area contributed by atoms with E-state index in [0.29, 0.717) is 10.6 Å². The molecule has 8 nitrogen and oxygen atoms in total. The summed E-state index contributed by atoms with van der Waals surface area (Å²) >= 11 is 5.75. The van der Waals surface area contributed by atoms with E-state index in [0.717, 1.165) is 5.56 Å². The van der Waals surface area contributed by atoms with Crippen LogP contribution in [-0.2, 0) is 16.1 Å². The van der Waals surface area contributed by atoms with E-state index in [1.807, 2.05) is 0 Å². The van der Waals surface area contributed by atoms with E-state index in [-0.39, 0.29) is 12.2 Å². The fourth-order valence-electron chi connectivity index (χ4n) is 1.80. The highest BCUT2D eigenvalue weighted by molar-refractivity contribution is 6.35. The normalized spacial score (nSPS) is 10.4. The number of nitrogens with zero attached hydrogens (tertiary/aromatic N) is 2. The molecule has 0 heterocycles. The summed E-state index contributed by atoms with van der Waals surface area (Å²) in [5.41, 5.74) is 3.15. The molecule has 2 rings (SSSR count). The molecule has 0 saturated carbocycles. The number of nitro benzene ring substituents is 1. The van der Waals surface area contributed by atoms with Gasteiger partial charge in [0.15, 0.2) is 0 Å². The van der Waals surface area contributed by atoms with Gasteiger partial charge in [-0.3, -0.25) is 19.7 Å². The summed E-state index contributed by atoms with van der Waals surface area (Å²) in [5, 5.41) is 17.3. The lowest BCUT2D eigenvalue weighted by molar-refractivity contribution is -0.384. The first-order valence-electron chi connectivity index (χ1n) is 7.06. The maximum absolute atomic E-state index is 11.7. The van der Waals surface area contributed by atoms with Gasteiger partial charge in [-0.05, 0) is 17.7 Å². The Bertz CT molecular complexity index is 821. The van der Waals surface area contributed by atoms with Crippen LogP contribution in [0.15, 0.2) is 53.6 Å². The van der Waals surface area contributed by atoms with Crippen molar-refractivity contribution in [3.63, 3.8) is 0 Å². The predicted molar refractivity (Wildman–Crippen MR) is 92.1 cm³/mol. The second kappa shape index (κ2) is 8.55. The molecule has 2 amide bonds. The lowest BCUT2D eigenvalue weighted by Crippen LogP contribution is -2.37. The van der Waals surface area contributed by atoms with Crippen LogP contribution in [-0.4, -0.2) is 23.0 Å². The van der Waals surface area contributed by atoms with Crippen LogP contribution in [0.1, 0.15) is 11.1 Å². The van der Waals surface area contributed by atoms with Crippen molar-refractivity contribution in [2.24, 2.45) is 5.10 Å². The molecule has 0 spiro atoms. The van der Waals surface area contributed by atoms with E-state index in [1.165, 1.54) is 24.4 Å². The molecule has 9 heteroatoms. The molecule has 0 unspecified atom stereocenters. The molecule has 25 heavy (non-hydrogen) atoms. The standard InChI is InChI=1S/C16H13ClN4O4/c17-13-6-4-11(5-7-13)9-18-15(22)16(23)20-19-10-12-2-1-3-14(8-12)21(24)25/h1-8,10H,9H2,(H,18,22)(H,20,23)/b19-10+. The number of halogens is 1. The summed E-state index contributed by atoms with van der Waals surface area (Å²) in [4.78, 5) is 33.4. The van der Waals surface area contributed by atoms with Crippen molar-refractivity contribution in [1.82, 2.24) is 10.7 Å². The molecule has 128 valence electrons. The summed E-state index contributed by atoms with van der Waals surface area (Å²) < 4.78 is 0. The predicted octanol–water partition coefficient (Wildman–Crippen LogP) is 2.01. The average molecular weight is 361 g/mol. The van der Waals surface area contributed by atoms with Gasteiger partial charge in [-0.2, -0.15) is 5.10 Å². The van der Waals surface area contributed by atoms with Crippen molar-refractivity contribution in [2.75, 3.05) is 0 Å². The van der Waals surface area contributed by atoms with E-state index in [9.17, 15) is 19.7 Å². The van der Waals surface area contributed by atoms with Crippen molar-refractivity contribution >= 4 is 35.3 Å². The summed E-state index contributed by atoms with van der Waals surface area (Å²) in [6, 6.07) is 12.5. The molecule has 0 aliphatic heterocycles. The second-order valence-corrected chi connectivity index (χ2v) is 5.30. The van der Waals surface area contributed by atoms with Gasteiger partial charge >= 0.3 is 11.8 Å². The molecule has 0 aliphatic carbocycles. The third-order valence-corrected chi connectivity index (χ3v) is 3.29. The van der Waals surface area contributed by atoms with Crippen LogP contribution >= 0.6 is 11.6 Å². The molecule has 0 bridgehead atoms. The molecule has 0 radical (unpaired) electrons. The first-order valence-corrected chi connectivity index (χ1v) is 7.43. The van der Waals surface area contributed by atoms with E-state index in [1.54, 1.807) is 30.3 Å². The van der Waals surface area contributed by atoms with Gasteiger partial charge < -0.3 is 5.32 Å². The monoisotopic (exact) mass is 360 g/mol. The molecular formula is C16H13ClN4O4. The van der Waals surface area contributed by atoms with Crippen molar-refractivity contribution < 1.29 is 14.5 Å². The van der Waals surface area contributed by atoms with Crippen LogP contribution in [0.3, 0.4) is 0 Å². The number of benzene rings is 2. The summed E-state index contributed by atoms with van der Waals surface area (Å²) in [7, 11) is 0. The summed E-state index contributed by atoms with van der Waals surface area (Å²) in [6.07, 6.45) is 1.21. The third-order valence-electron chi connectivity index (χ3n) is 3.03. The van der Waals surface area contributed by atoms with E-state index in [4.69, 9.17) is 11.6 Å². The number of hydrogen-bond donors (Lipinski definition) is 2. The Hall–Kier alpha value is -3.26. The second-order valence-electron chi connectivity index (χ2n) is 4.86. The minimum atomic E-state index is -0.948. The van der Waals surface area contributed by atoms with Gasteiger partial charge in [0, 0.05) is 29.3 Å². The van der Waals surface area contributed by atoms with Gasteiger partial charge in [0.2, 0.25) is 0 Å². The lowest BCUT2D eigenvalue weighted by atomic mass is 10.2. The maximum atomic E-state index is 11.7. The molecular weight excluding hydrogens is 348 g/mol.